The molecule has 0 aliphatic carbocycles. The molecule has 0 aliphatic heterocycles. The standard InChI is InChI=1S/C23H29I2N9O3/c24-20-17(32-23(25)33-20)11-18(22(37)30-14-9-13-3-1-2-4-16(13)29-12-14)31-21(36)15(28)10-19(35)34(7-5-26)8-6-27/h1-4,9,12,15,18H,5-8,10-11,26-28H2,(H,30,37)(H,31,36)(H,32,33)/t15-,18-/m0/s1. The highest BCUT2D eigenvalue weighted by molar-refractivity contribution is 14.1. The zero-order valence-corrected chi connectivity index (χ0v) is 24.2. The molecule has 0 fully saturated rings. The van der Waals surface area contributed by atoms with Crippen molar-refractivity contribution >= 4 is 79.5 Å². The Morgan fingerprint density at radius 1 is 1.08 bits per heavy atom. The van der Waals surface area contributed by atoms with Crippen molar-refractivity contribution in [2.75, 3.05) is 31.5 Å². The van der Waals surface area contributed by atoms with Crippen molar-refractivity contribution < 1.29 is 14.4 Å². The van der Waals surface area contributed by atoms with Crippen LogP contribution < -0.4 is 27.8 Å². The summed E-state index contributed by atoms with van der Waals surface area (Å²) in [5.41, 5.74) is 19.1. The first-order chi connectivity index (χ1) is 17.7. The van der Waals surface area contributed by atoms with E-state index in [0.717, 1.165) is 14.6 Å². The van der Waals surface area contributed by atoms with Crippen molar-refractivity contribution in [3.63, 3.8) is 0 Å². The molecule has 1 aromatic carbocycles. The minimum atomic E-state index is -1.17. The zero-order chi connectivity index (χ0) is 26.9. The first kappa shape index (κ1) is 29.2. The fourth-order valence-corrected chi connectivity index (χ4v) is 5.30. The van der Waals surface area contributed by atoms with Gasteiger partial charge in [-0.05, 0) is 57.3 Å². The van der Waals surface area contributed by atoms with Crippen LogP contribution in [-0.4, -0.2) is 75.8 Å². The quantitative estimate of drug-likeness (QED) is 0.143. The van der Waals surface area contributed by atoms with E-state index in [1.807, 2.05) is 46.9 Å². The number of halogens is 2. The second-order valence-electron chi connectivity index (χ2n) is 8.23. The lowest BCUT2D eigenvalue weighted by atomic mass is 10.1. The van der Waals surface area contributed by atoms with E-state index in [0.29, 0.717) is 28.3 Å². The molecule has 12 nitrogen and oxygen atoms in total. The normalized spacial score (nSPS) is 12.7. The number of H-pyrrole nitrogens is 1. The number of anilines is 1. The molecule has 9 N–H and O–H groups in total. The number of aromatic nitrogens is 3. The topological polar surface area (TPSA) is 198 Å². The van der Waals surface area contributed by atoms with Gasteiger partial charge < -0.3 is 37.7 Å². The number of nitrogens with two attached hydrogens (primary N) is 3. The Morgan fingerprint density at radius 3 is 2.43 bits per heavy atom. The van der Waals surface area contributed by atoms with E-state index in [1.54, 1.807) is 12.3 Å². The summed E-state index contributed by atoms with van der Waals surface area (Å²) in [6.45, 7) is 1.15. The van der Waals surface area contributed by atoms with Crippen LogP contribution in [0.25, 0.3) is 10.9 Å². The molecule has 0 bridgehead atoms. The second-order valence-corrected chi connectivity index (χ2v) is 10.3. The van der Waals surface area contributed by atoms with Gasteiger partial charge in [0.05, 0.1) is 35.6 Å². The molecule has 3 amide bonds. The van der Waals surface area contributed by atoms with Gasteiger partial charge in [0.1, 0.15) is 9.74 Å². The molecule has 2 atom stereocenters. The van der Waals surface area contributed by atoms with E-state index in [4.69, 9.17) is 17.2 Å². The number of hydrogen-bond donors (Lipinski definition) is 6. The molecular formula is C23H29I2N9O3. The van der Waals surface area contributed by atoms with Gasteiger partial charge in [-0.3, -0.25) is 19.4 Å². The van der Waals surface area contributed by atoms with Crippen molar-refractivity contribution in [3.8, 4) is 0 Å². The molecular weight excluding hydrogens is 704 g/mol. The number of imidazole rings is 1. The number of carbonyl (C=O) groups excluding carboxylic acids is 3. The summed E-state index contributed by atoms with van der Waals surface area (Å²) in [6, 6.07) is 7.15. The SMILES string of the molecule is NCCN(CCN)C(=O)C[C@H](N)C(=O)N[C@@H](Cc1nc(I)[nH]c1I)C(=O)Nc1cnc2ccccc2c1. The van der Waals surface area contributed by atoms with Gasteiger partial charge in [0.2, 0.25) is 17.7 Å². The lowest BCUT2D eigenvalue weighted by molar-refractivity contribution is -0.134. The third-order valence-electron chi connectivity index (χ3n) is 5.47. The predicted molar refractivity (Wildman–Crippen MR) is 157 cm³/mol. The van der Waals surface area contributed by atoms with Crippen LogP contribution in [0.15, 0.2) is 36.5 Å². The minimum absolute atomic E-state index is 0.115. The molecule has 0 aliphatic rings. The van der Waals surface area contributed by atoms with Crippen LogP contribution in [0.1, 0.15) is 12.1 Å². The van der Waals surface area contributed by atoms with Gasteiger partial charge in [-0.1, -0.05) is 18.2 Å². The van der Waals surface area contributed by atoms with Crippen LogP contribution in [0.4, 0.5) is 5.69 Å². The number of nitrogens with zero attached hydrogens (tertiary/aromatic N) is 3. The van der Waals surface area contributed by atoms with E-state index in [1.165, 1.54) is 4.90 Å². The summed E-state index contributed by atoms with van der Waals surface area (Å²) < 4.78 is 1.41. The maximum atomic E-state index is 13.3. The molecule has 3 rings (SSSR count). The number of fused-ring (bicyclic) bond motifs is 1. The molecule has 0 saturated heterocycles. The number of carbonyl (C=O) groups is 3. The lowest BCUT2D eigenvalue weighted by Crippen LogP contribution is -2.52. The van der Waals surface area contributed by atoms with Crippen LogP contribution >= 0.6 is 45.2 Å². The third-order valence-corrected chi connectivity index (χ3v) is 6.87. The number of amides is 3. The molecule has 0 spiro atoms. The molecule has 0 radical (unpaired) electrons. The minimum Gasteiger partial charge on any atom is -0.343 e. The average Bonchev–Trinajstić information content (AvgIpc) is 3.19. The Labute approximate surface area is 241 Å². The molecule has 2 heterocycles. The average molecular weight is 733 g/mol. The van der Waals surface area contributed by atoms with E-state index in [-0.39, 0.29) is 31.8 Å². The van der Waals surface area contributed by atoms with Gasteiger partial charge in [-0.2, -0.15) is 0 Å². The Hall–Kier alpha value is -2.41. The summed E-state index contributed by atoms with van der Waals surface area (Å²) in [5.74, 6) is -1.44. The molecule has 0 unspecified atom stereocenters. The predicted octanol–water partition coefficient (Wildman–Crippen LogP) is 0.297. The second kappa shape index (κ2) is 13.9. The van der Waals surface area contributed by atoms with Crippen LogP contribution in [0.5, 0.6) is 0 Å². The summed E-state index contributed by atoms with van der Waals surface area (Å²) >= 11 is 4.12. The summed E-state index contributed by atoms with van der Waals surface area (Å²) in [4.78, 5) is 52.2. The summed E-state index contributed by atoms with van der Waals surface area (Å²) in [7, 11) is 0. The van der Waals surface area contributed by atoms with Gasteiger partial charge in [-0.25, -0.2) is 4.98 Å². The van der Waals surface area contributed by atoms with E-state index < -0.39 is 23.9 Å². The van der Waals surface area contributed by atoms with Gasteiger partial charge >= 0.3 is 0 Å². The Morgan fingerprint density at radius 2 is 1.78 bits per heavy atom. The monoisotopic (exact) mass is 733 g/mol. The van der Waals surface area contributed by atoms with Gasteiger partial charge in [0, 0.05) is 38.0 Å². The molecule has 198 valence electrons. The molecule has 37 heavy (non-hydrogen) atoms. The maximum absolute atomic E-state index is 13.3. The maximum Gasteiger partial charge on any atom is 0.247 e. The van der Waals surface area contributed by atoms with Gasteiger partial charge in [0.15, 0.2) is 3.83 Å². The molecule has 14 heteroatoms. The van der Waals surface area contributed by atoms with Crippen molar-refractivity contribution in [3.05, 3.63) is 49.8 Å². The first-order valence-electron chi connectivity index (χ1n) is 11.5. The number of nitrogens with one attached hydrogen (secondary N) is 3. The van der Waals surface area contributed by atoms with Crippen molar-refractivity contribution in [1.29, 1.82) is 0 Å². The van der Waals surface area contributed by atoms with Crippen LogP contribution in [0.2, 0.25) is 0 Å². The highest BCUT2D eigenvalue weighted by Crippen LogP contribution is 2.18. The first-order valence-corrected chi connectivity index (χ1v) is 13.7. The fraction of sp³-hybridized carbons (Fsp3) is 0.348. The van der Waals surface area contributed by atoms with Crippen LogP contribution in [0.3, 0.4) is 0 Å². The van der Waals surface area contributed by atoms with E-state index >= 15 is 0 Å². The van der Waals surface area contributed by atoms with E-state index in [2.05, 4.69) is 48.2 Å². The number of hydrogen-bond acceptors (Lipinski definition) is 8. The number of pyridine rings is 1. The van der Waals surface area contributed by atoms with Gasteiger partial charge in [-0.15, -0.1) is 0 Å². The highest BCUT2D eigenvalue weighted by Gasteiger charge is 2.28. The molecule has 2 aromatic heterocycles. The third kappa shape index (κ3) is 8.29. The van der Waals surface area contributed by atoms with Crippen LogP contribution in [-0.2, 0) is 20.8 Å². The van der Waals surface area contributed by atoms with Crippen molar-refractivity contribution in [2.24, 2.45) is 17.2 Å². The Bertz CT molecular complexity index is 1250. The van der Waals surface area contributed by atoms with Crippen molar-refractivity contribution in [2.45, 2.75) is 24.9 Å². The number of rotatable bonds is 12. The number of para-hydroxylation sites is 1. The molecule has 0 saturated carbocycles. The number of benzene rings is 1. The molecule has 3 aromatic rings. The van der Waals surface area contributed by atoms with E-state index in [9.17, 15) is 14.4 Å². The summed E-state index contributed by atoms with van der Waals surface area (Å²) in [6.07, 6.45) is 1.42. The van der Waals surface area contributed by atoms with Crippen molar-refractivity contribution in [1.82, 2.24) is 25.2 Å². The summed E-state index contributed by atoms with van der Waals surface area (Å²) in [5, 5.41) is 6.36. The smallest absolute Gasteiger partial charge is 0.247 e. The fourth-order valence-electron chi connectivity index (χ4n) is 3.63. The number of aromatic amines is 1. The van der Waals surface area contributed by atoms with Crippen LogP contribution in [0, 0.1) is 7.53 Å². The Balaban J connectivity index is 1.75. The Kier molecular flexibility index (Phi) is 11.0. The highest BCUT2D eigenvalue weighted by atomic mass is 127. The largest absolute Gasteiger partial charge is 0.343 e. The van der Waals surface area contributed by atoms with Gasteiger partial charge in [0.25, 0.3) is 0 Å². The lowest BCUT2D eigenvalue weighted by Gasteiger charge is -2.24. The zero-order valence-electron chi connectivity index (χ0n) is 19.9.